The number of nitrogen functional groups attached to an aromatic ring is 1. The summed E-state index contributed by atoms with van der Waals surface area (Å²) in [7, 11) is 1.59. The summed E-state index contributed by atoms with van der Waals surface area (Å²) in [5.41, 5.74) is 6.29. The Bertz CT molecular complexity index is 605. The van der Waals surface area contributed by atoms with Crippen LogP contribution in [0.25, 0.3) is 0 Å². The highest BCUT2D eigenvalue weighted by molar-refractivity contribution is 5.45. The maximum atomic E-state index is 13.5. The second kappa shape index (κ2) is 6.18. The molecule has 0 saturated heterocycles. The average molecular weight is 279 g/mol. The minimum Gasteiger partial charge on any atom is -0.496 e. The van der Waals surface area contributed by atoms with E-state index < -0.39 is 11.6 Å². The number of benzene rings is 1. The van der Waals surface area contributed by atoms with E-state index in [0.717, 1.165) is 11.3 Å². The Kier molecular flexibility index (Phi) is 4.34. The molecule has 0 aliphatic carbocycles. The molecule has 0 amide bonds. The van der Waals surface area contributed by atoms with Gasteiger partial charge in [-0.3, -0.25) is 0 Å². The number of hydrogen-bond acceptors (Lipinski definition) is 4. The van der Waals surface area contributed by atoms with Crippen LogP contribution in [0.3, 0.4) is 0 Å². The molecule has 0 aliphatic heterocycles. The quantitative estimate of drug-likeness (QED) is 0.883. The zero-order chi connectivity index (χ0) is 14.5. The van der Waals surface area contributed by atoms with Gasteiger partial charge < -0.3 is 15.8 Å². The van der Waals surface area contributed by atoms with Crippen molar-refractivity contribution in [2.75, 3.05) is 24.7 Å². The molecule has 2 rings (SSSR count). The first-order valence-corrected chi connectivity index (χ1v) is 6.09. The first kappa shape index (κ1) is 14.0. The zero-order valence-corrected chi connectivity index (χ0v) is 11.0. The van der Waals surface area contributed by atoms with Gasteiger partial charge in [-0.15, -0.1) is 0 Å². The number of nitrogens with one attached hydrogen (secondary N) is 1. The molecule has 1 aromatic heterocycles. The highest BCUT2D eigenvalue weighted by atomic mass is 19.1. The van der Waals surface area contributed by atoms with Crippen molar-refractivity contribution in [3.8, 4) is 5.75 Å². The van der Waals surface area contributed by atoms with Crippen LogP contribution in [-0.2, 0) is 6.42 Å². The van der Waals surface area contributed by atoms with Crippen LogP contribution >= 0.6 is 0 Å². The SMILES string of the molecule is COc1ccccc1CCNc1nc(N)c(F)cc1F. The Morgan fingerprint density at radius 3 is 2.75 bits per heavy atom. The second-order valence-corrected chi connectivity index (χ2v) is 4.17. The number of rotatable bonds is 5. The van der Waals surface area contributed by atoms with Crippen molar-refractivity contribution in [1.82, 2.24) is 4.98 Å². The summed E-state index contributed by atoms with van der Waals surface area (Å²) in [6, 6.07) is 8.26. The average Bonchev–Trinajstić information content (AvgIpc) is 2.45. The van der Waals surface area contributed by atoms with Crippen molar-refractivity contribution in [2.45, 2.75) is 6.42 Å². The van der Waals surface area contributed by atoms with Crippen LogP contribution in [0.2, 0.25) is 0 Å². The lowest BCUT2D eigenvalue weighted by molar-refractivity contribution is 0.410. The molecular formula is C14H15F2N3O. The van der Waals surface area contributed by atoms with E-state index in [9.17, 15) is 8.78 Å². The van der Waals surface area contributed by atoms with Gasteiger partial charge in [-0.1, -0.05) is 18.2 Å². The molecule has 0 unspecified atom stereocenters. The largest absolute Gasteiger partial charge is 0.496 e. The van der Waals surface area contributed by atoms with E-state index in [1.165, 1.54) is 0 Å². The van der Waals surface area contributed by atoms with Crippen molar-refractivity contribution >= 4 is 11.6 Å². The van der Waals surface area contributed by atoms with E-state index in [0.29, 0.717) is 19.0 Å². The van der Waals surface area contributed by atoms with Crippen molar-refractivity contribution in [3.63, 3.8) is 0 Å². The van der Waals surface area contributed by atoms with Gasteiger partial charge in [0.2, 0.25) is 0 Å². The molecule has 106 valence electrons. The van der Waals surface area contributed by atoms with Gasteiger partial charge in [0.1, 0.15) is 5.75 Å². The lowest BCUT2D eigenvalue weighted by Crippen LogP contribution is -2.10. The van der Waals surface area contributed by atoms with Crippen LogP contribution in [-0.4, -0.2) is 18.6 Å². The van der Waals surface area contributed by atoms with E-state index in [4.69, 9.17) is 10.5 Å². The van der Waals surface area contributed by atoms with Crippen LogP contribution in [0.15, 0.2) is 30.3 Å². The molecule has 6 heteroatoms. The van der Waals surface area contributed by atoms with Crippen molar-refractivity contribution in [1.29, 1.82) is 0 Å². The minimum atomic E-state index is -0.863. The number of nitrogens with two attached hydrogens (primary N) is 1. The Morgan fingerprint density at radius 2 is 2.00 bits per heavy atom. The van der Waals surface area contributed by atoms with E-state index in [2.05, 4.69) is 10.3 Å². The number of pyridine rings is 1. The highest BCUT2D eigenvalue weighted by Crippen LogP contribution is 2.19. The van der Waals surface area contributed by atoms with Crippen LogP contribution in [0.4, 0.5) is 20.4 Å². The monoisotopic (exact) mass is 279 g/mol. The van der Waals surface area contributed by atoms with E-state index in [1.807, 2.05) is 24.3 Å². The number of methoxy groups -OCH3 is 1. The van der Waals surface area contributed by atoms with Crippen LogP contribution in [0.1, 0.15) is 5.56 Å². The molecule has 4 nitrogen and oxygen atoms in total. The molecule has 0 bridgehead atoms. The molecule has 0 atom stereocenters. The number of anilines is 2. The third kappa shape index (κ3) is 3.14. The minimum absolute atomic E-state index is 0.0567. The van der Waals surface area contributed by atoms with Gasteiger partial charge in [0.05, 0.1) is 7.11 Å². The summed E-state index contributed by atoms with van der Waals surface area (Å²) in [5, 5.41) is 2.79. The van der Waals surface area contributed by atoms with Crippen molar-refractivity contribution < 1.29 is 13.5 Å². The van der Waals surface area contributed by atoms with E-state index in [-0.39, 0.29) is 11.6 Å². The van der Waals surface area contributed by atoms with Crippen LogP contribution in [0, 0.1) is 11.6 Å². The Hall–Kier alpha value is -2.37. The van der Waals surface area contributed by atoms with Crippen LogP contribution in [0.5, 0.6) is 5.75 Å². The molecule has 0 spiro atoms. The van der Waals surface area contributed by atoms with Gasteiger partial charge in [-0.2, -0.15) is 0 Å². The Balaban J connectivity index is 2.01. The van der Waals surface area contributed by atoms with E-state index >= 15 is 0 Å². The maximum Gasteiger partial charge on any atom is 0.168 e. The van der Waals surface area contributed by atoms with E-state index in [1.54, 1.807) is 7.11 Å². The third-order valence-corrected chi connectivity index (χ3v) is 2.84. The summed E-state index contributed by atoms with van der Waals surface area (Å²) < 4.78 is 31.6. The normalized spacial score (nSPS) is 10.3. The third-order valence-electron chi connectivity index (χ3n) is 2.84. The molecule has 20 heavy (non-hydrogen) atoms. The van der Waals surface area contributed by atoms with Gasteiger partial charge in [0.15, 0.2) is 23.3 Å². The number of nitrogens with zero attached hydrogens (tertiary/aromatic N) is 1. The number of halogens is 2. The fourth-order valence-corrected chi connectivity index (χ4v) is 1.83. The lowest BCUT2D eigenvalue weighted by atomic mass is 10.1. The summed E-state index contributed by atoms with van der Waals surface area (Å²) in [4.78, 5) is 3.63. The van der Waals surface area contributed by atoms with Crippen molar-refractivity contribution in [3.05, 3.63) is 47.5 Å². The predicted molar refractivity (Wildman–Crippen MR) is 73.8 cm³/mol. The maximum absolute atomic E-state index is 13.5. The molecule has 0 saturated carbocycles. The predicted octanol–water partition coefficient (Wildman–Crippen LogP) is 2.61. The summed E-state index contributed by atoms with van der Waals surface area (Å²) >= 11 is 0. The molecule has 0 aliphatic rings. The summed E-state index contributed by atoms with van der Waals surface area (Å²) in [5.74, 6) is -1.25. The zero-order valence-electron chi connectivity index (χ0n) is 11.0. The first-order valence-electron chi connectivity index (χ1n) is 6.09. The van der Waals surface area contributed by atoms with Gasteiger partial charge in [-0.05, 0) is 18.1 Å². The first-order chi connectivity index (χ1) is 9.61. The number of ether oxygens (including phenoxy) is 1. The lowest BCUT2D eigenvalue weighted by Gasteiger charge is -2.10. The molecular weight excluding hydrogens is 264 g/mol. The number of para-hydroxylation sites is 1. The second-order valence-electron chi connectivity index (χ2n) is 4.17. The van der Waals surface area contributed by atoms with Gasteiger partial charge in [0.25, 0.3) is 0 Å². The number of aromatic nitrogens is 1. The fourth-order valence-electron chi connectivity index (χ4n) is 1.83. The highest BCUT2D eigenvalue weighted by Gasteiger charge is 2.09. The fraction of sp³-hybridized carbons (Fsp3) is 0.214. The van der Waals surface area contributed by atoms with Gasteiger partial charge >= 0.3 is 0 Å². The van der Waals surface area contributed by atoms with Crippen molar-refractivity contribution in [2.24, 2.45) is 0 Å². The van der Waals surface area contributed by atoms with Gasteiger partial charge in [0, 0.05) is 12.6 Å². The number of hydrogen-bond donors (Lipinski definition) is 2. The summed E-state index contributed by atoms with van der Waals surface area (Å²) in [6.07, 6.45) is 0.614. The molecule has 3 N–H and O–H groups in total. The molecule has 1 aromatic carbocycles. The Morgan fingerprint density at radius 1 is 1.25 bits per heavy atom. The molecule has 1 heterocycles. The summed E-state index contributed by atoms with van der Waals surface area (Å²) in [6.45, 7) is 0.426. The standard InChI is InChI=1S/C14H15F2N3O/c1-20-12-5-3-2-4-9(12)6-7-18-14-11(16)8-10(15)13(17)19-14/h2-5,8H,6-7H2,1H3,(H3,17,18,19). The molecule has 2 aromatic rings. The topological polar surface area (TPSA) is 60.2 Å². The van der Waals surface area contributed by atoms with Crippen LogP contribution < -0.4 is 15.8 Å². The Labute approximate surface area is 115 Å². The van der Waals surface area contributed by atoms with Gasteiger partial charge in [-0.25, -0.2) is 13.8 Å². The molecule has 0 radical (unpaired) electrons. The molecule has 0 fully saturated rings. The smallest absolute Gasteiger partial charge is 0.168 e.